The maximum atomic E-state index is 12.6. The van der Waals surface area contributed by atoms with Gasteiger partial charge >= 0.3 is 12.4 Å². The largest absolute Gasteiger partial charge is 0.416 e. The van der Waals surface area contributed by atoms with E-state index in [1.807, 2.05) is 0 Å². The van der Waals surface area contributed by atoms with Gasteiger partial charge in [-0.2, -0.15) is 26.3 Å². The second-order valence-electron chi connectivity index (χ2n) is 3.31. The van der Waals surface area contributed by atoms with E-state index in [4.69, 9.17) is 0 Å². The molecule has 0 aromatic heterocycles. The molecule has 0 fully saturated rings. The molecule has 0 heterocycles. The predicted octanol–water partition coefficient (Wildman–Crippen LogP) is 4.66. The highest BCUT2D eigenvalue weighted by Gasteiger charge is 2.37. The van der Waals surface area contributed by atoms with E-state index in [0.717, 1.165) is 6.07 Å². The summed E-state index contributed by atoms with van der Waals surface area (Å²) in [5, 5.41) is 0.251. The third-order valence-corrected chi connectivity index (χ3v) is 2.50. The third kappa shape index (κ3) is 3.62. The first-order chi connectivity index (χ1) is 7.66. The van der Waals surface area contributed by atoms with Gasteiger partial charge in [0.15, 0.2) is 0 Å². The summed E-state index contributed by atoms with van der Waals surface area (Å²) in [4.78, 5) is 0. The standard InChI is InChI=1S/C10H7BrF6/c11-4-3-6-1-2-7(9(12,13)14)5-8(6)10(15,16)17/h1-2,5H,3-4H2. The van der Waals surface area contributed by atoms with Gasteiger partial charge in [-0.25, -0.2) is 0 Å². The summed E-state index contributed by atoms with van der Waals surface area (Å²) in [5.41, 5.74) is -2.67. The number of aryl methyl sites for hydroxylation is 1. The normalized spacial score (nSPS) is 12.9. The summed E-state index contributed by atoms with van der Waals surface area (Å²) >= 11 is 2.96. The molecule has 0 aliphatic carbocycles. The molecule has 1 rings (SSSR count). The molecule has 0 spiro atoms. The molecule has 96 valence electrons. The molecule has 0 saturated carbocycles. The molecule has 17 heavy (non-hydrogen) atoms. The molecular formula is C10H7BrF6. The van der Waals surface area contributed by atoms with E-state index in [0.29, 0.717) is 6.07 Å². The van der Waals surface area contributed by atoms with Crippen LogP contribution in [0.1, 0.15) is 16.7 Å². The Kier molecular flexibility index (Phi) is 4.11. The lowest BCUT2D eigenvalue weighted by molar-refractivity contribution is -0.143. The lowest BCUT2D eigenvalue weighted by Crippen LogP contribution is -2.13. The van der Waals surface area contributed by atoms with Gasteiger partial charge in [0.1, 0.15) is 0 Å². The Bertz CT molecular complexity index is 393. The van der Waals surface area contributed by atoms with Gasteiger partial charge in [0.2, 0.25) is 0 Å². The van der Waals surface area contributed by atoms with Gasteiger partial charge in [-0.15, -0.1) is 0 Å². The van der Waals surface area contributed by atoms with E-state index in [1.54, 1.807) is 0 Å². The van der Waals surface area contributed by atoms with Crippen LogP contribution in [0, 0.1) is 0 Å². The smallest absolute Gasteiger partial charge is 0.166 e. The number of benzene rings is 1. The summed E-state index contributed by atoms with van der Waals surface area (Å²) in [6, 6.07) is 1.68. The molecule has 0 nitrogen and oxygen atoms in total. The number of alkyl halides is 7. The van der Waals surface area contributed by atoms with E-state index in [2.05, 4.69) is 15.9 Å². The highest BCUT2D eigenvalue weighted by Crippen LogP contribution is 2.37. The van der Waals surface area contributed by atoms with Gasteiger partial charge in [-0.1, -0.05) is 22.0 Å². The Labute approximate surface area is 102 Å². The molecule has 0 saturated heterocycles. The van der Waals surface area contributed by atoms with E-state index in [-0.39, 0.29) is 23.4 Å². The van der Waals surface area contributed by atoms with Crippen LogP contribution in [-0.4, -0.2) is 5.33 Å². The Hall–Kier alpha value is -0.720. The van der Waals surface area contributed by atoms with Crippen LogP contribution >= 0.6 is 15.9 Å². The van der Waals surface area contributed by atoms with E-state index in [1.165, 1.54) is 0 Å². The van der Waals surface area contributed by atoms with Crippen molar-refractivity contribution in [3.63, 3.8) is 0 Å². The summed E-state index contributed by atoms with van der Waals surface area (Å²) in [6.45, 7) is 0. The van der Waals surface area contributed by atoms with Crippen LogP contribution in [0.25, 0.3) is 0 Å². The Morgan fingerprint density at radius 2 is 1.53 bits per heavy atom. The van der Waals surface area contributed by atoms with Crippen LogP contribution in [0.3, 0.4) is 0 Å². The minimum Gasteiger partial charge on any atom is -0.166 e. The SMILES string of the molecule is FC(F)(F)c1ccc(CCBr)c(C(F)(F)F)c1. The molecular weight excluding hydrogens is 314 g/mol. The van der Waals surface area contributed by atoms with Gasteiger partial charge in [-0.05, 0) is 24.1 Å². The Morgan fingerprint density at radius 3 is 1.94 bits per heavy atom. The highest BCUT2D eigenvalue weighted by molar-refractivity contribution is 9.09. The van der Waals surface area contributed by atoms with Crippen LogP contribution in [0.4, 0.5) is 26.3 Å². The summed E-state index contributed by atoms with van der Waals surface area (Å²) < 4.78 is 74.6. The zero-order chi connectivity index (χ0) is 13.3. The van der Waals surface area contributed by atoms with Crippen molar-refractivity contribution in [2.24, 2.45) is 0 Å². The molecule has 0 atom stereocenters. The molecule has 0 radical (unpaired) electrons. The van der Waals surface area contributed by atoms with Crippen molar-refractivity contribution in [1.82, 2.24) is 0 Å². The summed E-state index contributed by atoms with van der Waals surface area (Å²) in [7, 11) is 0. The Morgan fingerprint density at radius 1 is 0.941 bits per heavy atom. The third-order valence-electron chi connectivity index (χ3n) is 2.11. The average molecular weight is 321 g/mol. The molecule has 0 unspecified atom stereocenters. The quantitative estimate of drug-likeness (QED) is 0.549. The minimum absolute atomic E-state index is 0.0208. The van der Waals surface area contributed by atoms with Crippen molar-refractivity contribution in [3.8, 4) is 0 Å². The molecule has 0 bridgehead atoms. The lowest BCUT2D eigenvalue weighted by Gasteiger charge is -2.15. The molecule has 1 aromatic rings. The topological polar surface area (TPSA) is 0 Å². The van der Waals surface area contributed by atoms with Crippen molar-refractivity contribution in [3.05, 3.63) is 34.9 Å². The second kappa shape index (κ2) is 4.88. The number of hydrogen-bond donors (Lipinski definition) is 0. The predicted molar refractivity (Wildman–Crippen MR) is 53.9 cm³/mol. The fraction of sp³-hybridized carbons (Fsp3) is 0.400. The summed E-state index contributed by atoms with van der Waals surface area (Å²) in [5.74, 6) is 0. The number of rotatable bonds is 2. The van der Waals surface area contributed by atoms with Crippen molar-refractivity contribution >= 4 is 15.9 Å². The molecule has 1 aromatic carbocycles. The van der Waals surface area contributed by atoms with Gasteiger partial charge in [-0.3, -0.25) is 0 Å². The summed E-state index contributed by atoms with van der Waals surface area (Å²) in [6.07, 6.45) is -9.53. The number of hydrogen-bond acceptors (Lipinski definition) is 0. The van der Waals surface area contributed by atoms with Crippen molar-refractivity contribution in [2.45, 2.75) is 18.8 Å². The average Bonchev–Trinajstić information content (AvgIpc) is 2.15. The molecule has 0 aliphatic rings. The zero-order valence-corrected chi connectivity index (χ0v) is 9.88. The molecule has 0 amide bonds. The fourth-order valence-corrected chi connectivity index (χ4v) is 1.76. The van der Waals surface area contributed by atoms with E-state index < -0.39 is 23.5 Å². The maximum Gasteiger partial charge on any atom is 0.416 e. The first-order valence-electron chi connectivity index (χ1n) is 4.49. The van der Waals surface area contributed by atoms with E-state index >= 15 is 0 Å². The van der Waals surface area contributed by atoms with E-state index in [9.17, 15) is 26.3 Å². The molecule has 0 N–H and O–H groups in total. The van der Waals surface area contributed by atoms with Gasteiger partial charge in [0.05, 0.1) is 11.1 Å². The fourth-order valence-electron chi connectivity index (χ4n) is 1.34. The monoisotopic (exact) mass is 320 g/mol. The highest BCUT2D eigenvalue weighted by atomic mass is 79.9. The van der Waals surface area contributed by atoms with Crippen molar-refractivity contribution in [1.29, 1.82) is 0 Å². The minimum atomic E-state index is -4.78. The first-order valence-corrected chi connectivity index (χ1v) is 5.61. The van der Waals surface area contributed by atoms with Crippen molar-refractivity contribution < 1.29 is 26.3 Å². The number of halogens is 7. The van der Waals surface area contributed by atoms with Gasteiger partial charge in [0.25, 0.3) is 0 Å². The second-order valence-corrected chi connectivity index (χ2v) is 4.10. The van der Waals surface area contributed by atoms with Gasteiger partial charge in [0, 0.05) is 5.33 Å². The Balaban J connectivity index is 3.30. The molecule has 7 heteroatoms. The van der Waals surface area contributed by atoms with Crippen LogP contribution in [0.15, 0.2) is 18.2 Å². The van der Waals surface area contributed by atoms with Crippen LogP contribution in [-0.2, 0) is 18.8 Å². The first kappa shape index (κ1) is 14.3. The van der Waals surface area contributed by atoms with Crippen LogP contribution in [0.5, 0.6) is 0 Å². The lowest BCUT2D eigenvalue weighted by atomic mass is 10.0. The van der Waals surface area contributed by atoms with Crippen molar-refractivity contribution in [2.75, 3.05) is 5.33 Å². The zero-order valence-electron chi connectivity index (χ0n) is 8.29. The van der Waals surface area contributed by atoms with Crippen LogP contribution in [0.2, 0.25) is 0 Å². The molecule has 0 aliphatic heterocycles. The van der Waals surface area contributed by atoms with Crippen LogP contribution < -0.4 is 0 Å². The maximum absolute atomic E-state index is 12.6. The van der Waals surface area contributed by atoms with Gasteiger partial charge < -0.3 is 0 Å².